The van der Waals surface area contributed by atoms with E-state index in [-0.39, 0.29) is 0 Å². The van der Waals surface area contributed by atoms with Crippen LogP contribution in [0.3, 0.4) is 0 Å². The van der Waals surface area contributed by atoms with E-state index in [9.17, 15) is 0 Å². The van der Waals surface area contributed by atoms with E-state index in [0.717, 1.165) is 44.4 Å². The second-order valence-electron chi connectivity index (χ2n) is 14.1. The van der Waals surface area contributed by atoms with Crippen LogP contribution in [0.25, 0.3) is 110 Å². The van der Waals surface area contributed by atoms with Gasteiger partial charge in [0.25, 0.3) is 0 Å². The van der Waals surface area contributed by atoms with Gasteiger partial charge in [-0.3, -0.25) is 4.98 Å². The normalized spacial score (nSPS) is 11.7. The van der Waals surface area contributed by atoms with Gasteiger partial charge in [0, 0.05) is 28.1 Å². The molecule has 0 radical (unpaired) electrons. The Morgan fingerprint density at radius 1 is 0.278 bits per heavy atom. The summed E-state index contributed by atoms with van der Waals surface area (Å²) < 4.78 is 0. The summed E-state index contributed by atoms with van der Waals surface area (Å²) in [4.78, 5) is 10.2. The molecular formula is C52H32N2. The van der Waals surface area contributed by atoms with Gasteiger partial charge in [-0.1, -0.05) is 152 Å². The fourth-order valence-electron chi connectivity index (χ4n) is 8.55. The van der Waals surface area contributed by atoms with Gasteiger partial charge >= 0.3 is 0 Å². The highest BCUT2D eigenvalue weighted by Gasteiger charge is 2.20. The maximum atomic E-state index is 5.64. The number of rotatable bonds is 4. The summed E-state index contributed by atoms with van der Waals surface area (Å²) in [5.74, 6) is 0. The van der Waals surface area contributed by atoms with E-state index in [4.69, 9.17) is 4.98 Å². The third-order valence-corrected chi connectivity index (χ3v) is 11.1. The fraction of sp³-hybridized carbons (Fsp3) is 0. The Morgan fingerprint density at radius 2 is 0.759 bits per heavy atom. The average molecular weight is 685 g/mol. The van der Waals surface area contributed by atoms with Crippen molar-refractivity contribution < 1.29 is 0 Å². The van der Waals surface area contributed by atoms with E-state index in [0.29, 0.717) is 0 Å². The summed E-state index contributed by atoms with van der Waals surface area (Å²) in [6.07, 6.45) is 1.85. The molecule has 9 aromatic carbocycles. The Balaban J connectivity index is 1.26. The van der Waals surface area contributed by atoms with Gasteiger partial charge < -0.3 is 0 Å². The number of fused-ring (bicyclic) bond motifs is 9. The molecule has 0 atom stereocenters. The summed E-state index contributed by atoms with van der Waals surface area (Å²) in [5.41, 5.74) is 9.89. The van der Waals surface area contributed by atoms with Gasteiger partial charge in [-0.25, -0.2) is 4.98 Å². The van der Waals surface area contributed by atoms with Crippen LogP contribution in [0.15, 0.2) is 194 Å². The van der Waals surface area contributed by atoms with E-state index < -0.39 is 0 Å². The van der Waals surface area contributed by atoms with Crippen LogP contribution in [0, 0.1) is 0 Å². The molecule has 0 spiro atoms. The van der Waals surface area contributed by atoms with Crippen LogP contribution in [0.2, 0.25) is 0 Å². The molecule has 0 N–H and O–H groups in total. The molecule has 0 aliphatic carbocycles. The van der Waals surface area contributed by atoms with Crippen molar-refractivity contribution in [2.75, 3.05) is 0 Å². The zero-order valence-corrected chi connectivity index (χ0v) is 29.4. The Hall–Kier alpha value is -7.16. The Labute approximate surface area is 312 Å². The van der Waals surface area contributed by atoms with Crippen molar-refractivity contribution in [2.45, 2.75) is 0 Å². The maximum absolute atomic E-state index is 5.64. The number of pyridine rings is 2. The minimum atomic E-state index is 0.967. The van der Waals surface area contributed by atoms with Gasteiger partial charge in [-0.15, -0.1) is 0 Å². The molecule has 2 heteroatoms. The first-order valence-corrected chi connectivity index (χ1v) is 18.5. The van der Waals surface area contributed by atoms with Crippen LogP contribution < -0.4 is 0 Å². The zero-order valence-electron chi connectivity index (χ0n) is 29.4. The maximum Gasteiger partial charge on any atom is 0.0794 e. The van der Waals surface area contributed by atoms with E-state index in [1.165, 1.54) is 65.2 Å². The smallest absolute Gasteiger partial charge is 0.0794 e. The molecule has 0 unspecified atom stereocenters. The minimum absolute atomic E-state index is 0.967. The lowest BCUT2D eigenvalue weighted by molar-refractivity contribution is 1.33. The number of hydrogen-bond donors (Lipinski definition) is 0. The molecule has 0 saturated carbocycles. The highest BCUT2D eigenvalue weighted by atomic mass is 14.7. The number of benzene rings is 9. The van der Waals surface area contributed by atoms with Crippen molar-refractivity contribution in [2.24, 2.45) is 0 Å². The second kappa shape index (κ2) is 12.2. The van der Waals surface area contributed by atoms with Crippen LogP contribution in [0.4, 0.5) is 0 Å². The fourth-order valence-corrected chi connectivity index (χ4v) is 8.55. The van der Waals surface area contributed by atoms with Gasteiger partial charge in [0.05, 0.1) is 16.9 Å². The van der Waals surface area contributed by atoms with E-state index in [1.54, 1.807) is 0 Å². The van der Waals surface area contributed by atoms with Crippen LogP contribution in [0.5, 0.6) is 0 Å². The standard InChI is InChI=1S/C52H32N2/c1-3-15-37-35(13-1)29-46(41-19-7-5-17-39(37)41)47-32-51(48-30-36-14-2-4-16-38(36)40-18-6-8-20-42(40)48)54-52-44-22-10-9-21-43(44)45(31-49(47)52)33-24-26-34(27-25-33)50-23-11-12-28-53-50/h1-32H. The second-order valence-corrected chi connectivity index (χ2v) is 14.1. The quantitative estimate of drug-likeness (QED) is 0.172. The van der Waals surface area contributed by atoms with Crippen molar-refractivity contribution >= 4 is 64.8 Å². The monoisotopic (exact) mass is 684 g/mol. The van der Waals surface area contributed by atoms with Gasteiger partial charge in [0.2, 0.25) is 0 Å². The number of hydrogen-bond acceptors (Lipinski definition) is 2. The van der Waals surface area contributed by atoms with Crippen LogP contribution in [-0.2, 0) is 0 Å². The summed E-state index contributed by atoms with van der Waals surface area (Å²) in [6.45, 7) is 0. The molecule has 0 aliphatic rings. The van der Waals surface area contributed by atoms with Gasteiger partial charge in [0.1, 0.15) is 0 Å². The minimum Gasteiger partial charge on any atom is -0.256 e. The van der Waals surface area contributed by atoms with Crippen LogP contribution in [-0.4, -0.2) is 9.97 Å². The van der Waals surface area contributed by atoms with Crippen LogP contribution in [0.1, 0.15) is 0 Å². The van der Waals surface area contributed by atoms with E-state index in [2.05, 4.69) is 181 Å². The summed E-state index contributed by atoms with van der Waals surface area (Å²) in [5, 5.41) is 13.3. The average Bonchev–Trinajstić information content (AvgIpc) is 3.25. The summed E-state index contributed by atoms with van der Waals surface area (Å²) >= 11 is 0. The number of nitrogens with zero attached hydrogens (tertiary/aromatic N) is 2. The molecule has 54 heavy (non-hydrogen) atoms. The van der Waals surface area contributed by atoms with Crippen LogP contribution >= 0.6 is 0 Å². The molecule has 0 saturated heterocycles. The number of aromatic nitrogens is 2. The summed E-state index contributed by atoms with van der Waals surface area (Å²) in [6, 6.07) is 68.1. The summed E-state index contributed by atoms with van der Waals surface area (Å²) in [7, 11) is 0. The molecular weight excluding hydrogens is 653 g/mol. The molecule has 0 amide bonds. The van der Waals surface area contributed by atoms with Gasteiger partial charge in [-0.2, -0.15) is 0 Å². The molecule has 250 valence electrons. The Kier molecular flexibility index (Phi) is 6.90. The highest BCUT2D eigenvalue weighted by Crippen LogP contribution is 2.45. The molecule has 2 nitrogen and oxygen atoms in total. The lowest BCUT2D eigenvalue weighted by Gasteiger charge is -2.18. The molecule has 2 aromatic heterocycles. The van der Waals surface area contributed by atoms with Crippen molar-refractivity contribution in [1.82, 2.24) is 9.97 Å². The van der Waals surface area contributed by atoms with Crippen molar-refractivity contribution in [3.63, 3.8) is 0 Å². The first-order valence-electron chi connectivity index (χ1n) is 18.5. The highest BCUT2D eigenvalue weighted by molar-refractivity contribution is 6.21. The van der Waals surface area contributed by atoms with Gasteiger partial charge in [-0.05, 0) is 107 Å². The van der Waals surface area contributed by atoms with Crippen molar-refractivity contribution in [3.8, 4) is 44.8 Å². The Bertz CT molecular complexity index is 3250. The van der Waals surface area contributed by atoms with Crippen molar-refractivity contribution in [1.29, 1.82) is 0 Å². The predicted octanol–water partition coefficient (Wildman–Crippen LogP) is 14.1. The van der Waals surface area contributed by atoms with Gasteiger partial charge in [0.15, 0.2) is 0 Å². The topological polar surface area (TPSA) is 25.8 Å². The molecule has 0 aliphatic heterocycles. The molecule has 2 heterocycles. The molecule has 11 rings (SSSR count). The first kappa shape index (κ1) is 30.5. The third-order valence-electron chi connectivity index (χ3n) is 11.1. The first-order chi connectivity index (χ1) is 26.8. The van der Waals surface area contributed by atoms with Crippen molar-refractivity contribution in [3.05, 3.63) is 194 Å². The largest absolute Gasteiger partial charge is 0.256 e. The lowest BCUT2D eigenvalue weighted by atomic mass is 9.87. The lowest BCUT2D eigenvalue weighted by Crippen LogP contribution is -1.95. The van der Waals surface area contributed by atoms with E-state index in [1.807, 2.05) is 18.3 Å². The molecule has 0 bridgehead atoms. The molecule has 11 aromatic rings. The molecule has 0 fully saturated rings. The van der Waals surface area contributed by atoms with E-state index >= 15 is 0 Å². The Morgan fingerprint density at radius 3 is 1.39 bits per heavy atom. The zero-order chi connectivity index (χ0) is 35.6. The predicted molar refractivity (Wildman–Crippen MR) is 229 cm³/mol. The SMILES string of the molecule is c1ccc(-c2ccc(-c3cc4c(-c5cc6ccccc6c6ccccc56)cc(-c5cc6ccccc6c6ccccc56)nc4c4ccccc34)cc2)nc1. The third kappa shape index (κ3) is 4.81.